The summed E-state index contributed by atoms with van der Waals surface area (Å²) < 4.78 is 0. The van der Waals surface area contributed by atoms with Crippen molar-refractivity contribution in [1.82, 2.24) is 15.0 Å². The van der Waals surface area contributed by atoms with E-state index in [1.807, 2.05) is 60.7 Å². The highest BCUT2D eigenvalue weighted by Crippen LogP contribution is 2.22. The Kier molecular flexibility index (Phi) is 7.12. The summed E-state index contributed by atoms with van der Waals surface area (Å²) in [5.74, 6) is 1.03. The molecule has 0 fully saturated rings. The third kappa shape index (κ3) is 5.94. The molecule has 0 atom stereocenters. The van der Waals surface area contributed by atoms with E-state index in [9.17, 15) is 0 Å². The Morgan fingerprint density at radius 2 is 1.34 bits per heavy atom. The van der Waals surface area contributed by atoms with Gasteiger partial charge in [0.25, 0.3) is 0 Å². The summed E-state index contributed by atoms with van der Waals surface area (Å²) in [5.41, 5.74) is 5.38. The largest absolute Gasteiger partial charge is 0.350 e. The molecule has 0 unspecified atom stereocenters. The van der Waals surface area contributed by atoms with Crippen LogP contribution in [0.5, 0.6) is 0 Å². The molecule has 4 aromatic rings. The molecule has 0 aliphatic heterocycles. The molecule has 0 bridgehead atoms. The Bertz CT molecular complexity index is 1180. The van der Waals surface area contributed by atoms with Crippen molar-refractivity contribution in [1.29, 1.82) is 0 Å². The van der Waals surface area contributed by atoms with Gasteiger partial charge in [-0.3, -0.25) is 0 Å². The quantitative estimate of drug-likeness (QED) is 0.220. The summed E-state index contributed by atoms with van der Waals surface area (Å²) in [7, 11) is 0. The molecular weight excluding hydrogens is 445 g/mol. The maximum atomic E-state index is 6.19. The zero-order chi connectivity index (χ0) is 22.2. The van der Waals surface area contributed by atoms with E-state index in [0.717, 1.165) is 11.3 Å². The fourth-order valence-electron chi connectivity index (χ4n) is 2.78. The molecule has 7 nitrogen and oxygen atoms in total. The number of hydrogen-bond acceptors (Lipinski definition) is 7. The number of anilines is 4. The number of halogens is 2. The van der Waals surface area contributed by atoms with Gasteiger partial charge < -0.3 is 10.6 Å². The second-order valence-electron chi connectivity index (χ2n) is 6.64. The van der Waals surface area contributed by atoms with E-state index in [0.29, 0.717) is 34.1 Å². The third-order valence-electron chi connectivity index (χ3n) is 4.32. The highest BCUT2D eigenvalue weighted by atomic mass is 35.5. The molecule has 4 rings (SSSR count). The minimum atomic E-state index is 0.258. The monoisotopic (exact) mass is 463 g/mol. The van der Waals surface area contributed by atoms with Gasteiger partial charge in [0, 0.05) is 17.8 Å². The van der Waals surface area contributed by atoms with Crippen LogP contribution in [0.4, 0.5) is 23.5 Å². The molecule has 1 aromatic heterocycles. The van der Waals surface area contributed by atoms with Gasteiger partial charge in [-0.15, -0.1) is 0 Å². The van der Waals surface area contributed by atoms with E-state index in [4.69, 9.17) is 23.2 Å². The average Bonchev–Trinajstić information content (AvgIpc) is 2.81. The maximum Gasteiger partial charge on any atom is 0.250 e. The van der Waals surface area contributed by atoms with Crippen LogP contribution >= 0.6 is 23.2 Å². The van der Waals surface area contributed by atoms with Gasteiger partial charge in [0.05, 0.1) is 16.3 Å². The fraction of sp³-hybridized carbons (Fsp3) is 0.0435. The number of aromatic nitrogens is 3. The number of rotatable bonds is 8. The standard InChI is InChI=1S/C23H19Cl2N7/c24-19-12-7-13-20(25)18(19)15-27-32-23-30-21(26-14-16-8-3-1-4-9-16)29-22(31-23)28-17-10-5-2-6-11-17/h1-13,15H,14H2,(H3,26,28,29,30,31,32)/b27-15-. The molecule has 0 aliphatic rings. The van der Waals surface area contributed by atoms with Crippen LogP contribution in [-0.4, -0.2) is 21.2 Å². The summed E-state index contributed by atoms with van der Waals surface area (Å²) in [5, 5.41) is 11.6. The van der Waals surface area contributed by atoms with Crippen LogP contribution < -0.4 is 16.1 Å². The predicted octanol–water partition coefficient (Wildman–Crippen LogP) is 5.98. The molecular formula is C23H19Cl2N7. The van der Waals surface area contributed by atoms with Gasteiger partial charge in [-0.2, -0.15) is 20.1 Å². The number of hydrazone groups is 1. The minimum Gasteiger partial charge on any atom is -0.350 e. The SMILES string of the molecule is Clc1cccc(Cl)c1/C=N\Nc1nc(NCc2ccccc2)nc(Nc2ccccc2)n1. The van der Waals surface area contributed by atoms with Gasteiger partial charge in [0.1, 0.15) is 0 Å². The minimum absolute atomic E-state index is 0.258. The molecule has 0 spiro atoms. The molecule has 32 heavy (non-hydrogen) atoms. The van der Waals surface area contributed by atoms with Gasteiger partial charge in [0.15, 0.2) is 0 Å². The van der Waals surface area contributed by atoms with E-state index >= 15 is 0 Å². The number of nitrogens with one attached hydrogen (secondary N) is 3. The van der Waals surface area contributed by atoms with Crippen molar-refractivity contribution in [2.24, 2.45) is 5.10 Å². The number of nitrogens with zero attached hydrogens (tertiary/aromatic N) is 4. The Morgan fingerprint density at radius 3 is 2.06 bits per heavy atom. The summed E-state index contributed by atoms with van der Waals surface area (Å²) >= 11 is 12.4. The van der Waals surface area contributed by atoms with Crippen molar-refractivity contribution < 1.29 is 0 Å². The van der Waals surface area contributed by atoms with E-state index in [1.54, 1.807) is 18.2 Å². The first-order chi connectivity index (χ1) is 15.7. The topological polar surface area (TPSA) is 87.1 Å². The first-order valence-electron chi connectivity index (χ1n) is 9.76. The van der Waals surface area contributed by atoms with Crippen LogP contribution in [0, 0.1) is 0 Å². The first-order valence-corrected chi connectivity index (χ1v) is 10.5. The lowest BCUT2D eigenvalue weighted by molar-refractivity contribution is 0.999. The molecule has 9 heteroatoms. The summed E-state index contributed by atoms with van der Waals surface area (Å²) in [6.07, 6.45) is 1.52. The molecule has 0 saturated carbocycles. The van der Waals surface area contributed by atoms with Gasteiger partial charge in [0.2, 0.25) is 17.8 Å². The lowest BCUT2D eigenvalue weighted by atomic mass is 10.2. The smallest absolute Gasteiger partial charge is 0.250 e. The highest BCUT2D eigenvalue weighted by Gasteiger charge is 2.08. The predicted molar refractivity (Wildman–Crippen MR) is 131 cm³/mol. The molecule has 160 valence electrons. The lowest BCUT2D eigenvalue weighted by Gasteiger charge is -2.10. The van der Waals surface area contributed by atoms with Crippen molar-refractivity contribution in [2.75, 3.05) is 16.1 Å². The molecule has 3 N–H and O–H groups in total. The Labute approximate surface area is 195 Å². The first kappa shape index (κ1) is 21.5. The molecule has 0 aliphatic carbocycles. The van der Waals surface area contributed by atoms with E-state index < -0.39 is 0 Å². The third-order valence-corrected chi connectivity index (χ3v) is 4.98. The van der Waals surface area contributed by atoms with Crippen LogP contribution in [0.3, 0.4) is 0 Å². The van der Waals surface area contributed by atoms with Crippen LogP contribution in [0.1, 0.15) is 11.1 Å². The summed E-state index contributed by atoms with van der Waals surface area (Å²) in [6.45, 7) is 0.563. The summed E-state index contributed by atoms with van der Waals surface area (Å²) in [4.78, 5) is 13.3. The van der Waals surface area contributed by atoms with Crippen LogP contribution in [0.25, 0.3) is 0 Å². The van der Waals surface area contributed by atoms with Crippen molar-refractivity contribution in [3.8, 4) is 0 Å². The van der Waals surface area contributed by atoms with Gasteiger partial charge in [-0.05, 0) is 29.8 Å². The van der Waals surface area contributed by atoms with E-state index in [2.05, 4.69) is 36.1 Å². The summed E-state index contributed by atoms with van der Waals surface area (Å²) in [6, 6.07) is 24.9. The van der Waals surface area contributed by atoms with Crippen LogP contribution in [-0.2, 0) is 6.54 Å². The zero-order valence-electron chi connectivity index (χ0n) is 16.8. The number of para-hydroxylation sites is 1. The maximum absolute atomic E-state index is 6.19. The van der Waals surface area contributed by atoms with Crippen molar-refractivity contribution >= 4 is 52.9 Å². The molecule has 0 radical (unpaired) electrons. The molecule has 1 heterocycles. The zero-order valence-corrected chi connectivity index (χ0v) is 18.3. The van der Waals surface area contributed by atoms with Crippen LogP contribution in [0.2, 0.25) is 10.0 Å². The van der Waals surface area contributed by atoms with Gasteiger partial charge in [-0.1, -0.05) is 77.8 Å². The second kappa shape index (κ2) is 10.6. The van der Waals surface area contributed by atoms with Crippen molar-refractivity contribution in [2.45, 2.75) is 6.54 Å². The molecule has 0 saturated heterocycles. The van der Waals surface area contributed by atoms with Crippen molar-refractivity contribution in [3.05, 3.63) is 100 Å². The van der Waals surface area contributed by atoms with E-state index in [1.165, 1.54) is 6.21 Å². The number of benzene rings is 3. The normalized spacial score (nSPS) is 10.8. The van der Waals surface area contributed by atoms with Gasteiger partial charge in [-0.25, -0.2) is 5.43 Å². The Hall–Kier alpha value is -3.68. The fourth-order valence-corrected chi connectivity index (χ4v) is 3.27. The van der Waals surface area contributed by atoms with Crippen LogP contribution in [0.15, 0.2) is 84.0 Å². The molecule has 3 aromatic carbocycles. The Balaban J connectivity index is 1.55. The lowest BCUT2D eigenvalue weighted by Crippen LogP contribution is -2.09. The second-order valence-corrected chi connectivity index (χ2v) is 7.46. The average molecular weight is 464 g/mol. The van der Waals surface area contributed by atoms with Crippen molar-refractivity contribution in [3.63, 3.8) is 0 Å². The highest BCUT2D eigenvalue weighted by molar-refractivity contribution is 6.38. The number of hydrogen-bond donors (Lipinski definition) is 3. The Morgan fingerprint density at radius 1 is 0.719 bits per heavy atom. The molecule has 0 amide bonds. The van der Waals surface area contributed by atoms with E-state index in [-0.39, 0.29) is 5.95 Å². The van der Waals surface area contributed by atoms with Gasteiger partial charge >= 0.3 is 0 Å².